The van der Waals surface area contributed by atoms with E-state index in [2.05, 4.69) is 16.0 Å². The standard InChI is InChI=1S/C24H30N4O4/c1-15(26-17-6-8-18(9-7-17)28(16(2)29)11-10-25-3)12-20-19-13-22(31-4)23(32-5)14-21(19)27-24(20)30/h6-9,12-15,25-26H,10-11H2,1-5H3,(H,27,30). The fraction of sp³-hybridized carbons (Fsp3) is 0.333. The molecule has 1 aliphatic heterocycles. The largest absolute Gasteiger partial charge is 0.493 e. The molecule has 1 unspecified atom stereocenters. The first-order valence-corrected chi connectivity index (χ1v) is 10.5. The number of hydrogen-bond donors (Lipinski definition) is 3. The molecule has 170 valence electrons. The number of hydrogen-bond acceptors (Lipinski definition) is 6. The van der Waals surface area contributed by atoms with Gasteiger partial charge in [0.25, 0.3) is 5.91 Å². The summed E-state index contributed by atoms with van der Waals surface area (Å²) in [6.07, 6.45) is 1.88. The van der Waals surface area contributed by atoms with E-state index in [4.69, 9.17) is 9.47 Å². The van der Waals surface area contributed by atoms with Crippen LogP contribution in [0.25, 0.3) is 5.57 Å². The number of carbonyl (C=O) groups is 2. The third kappa shape index (κ3) is 5.03. The second-order valence-corrected chi connectivity index (χ2v) is 7.54. The minimum atomic E-state index is -0.166. The van der Waals surface area contributed by atoms with E-state index in [0.29, 0.717) is 35.8 Å². The Labute approximate surface area is 188 Å². The molecule has 1 heterocycles. The Morgan fingerprint density at radius 2 is 1.81 bits per heavy atom. The van der Waals surface area contributed by atoms with Gasteiger partial charge in [-0.15, -0.1) is 0 Å². The van der Waals surface area contributed by atoms with Gasteiger partial charge in [0.05, 0.1) is 19.9 Å². The number of benzene rings is 2. The van der Waals surface area contributed by atoms with Gasteiger partial charge in [-0.3, -0.25) is 9.59 Å². The molecule has 2 aromatic carbocycles. The number of ether oxygens (including phenoxy) is 2. The average Bonchev–Trinajstić information content (AvgIpc) is 3.07. The van der Waals surface area contributed by atoms with Gasteiger partial charge in [0.1, 0.15) is 0 Å². The van der Waals surface area contributed by atoms with Crippen molar-refractivity contribution < 1.29 is 19.1 Å². The van der Waals surface area contributed by atoms with E-state index in [1.807, 2.05) is 44.3 Å². The number of anilines is 3. The Bertz CT molecular complexity index is 1020. The van der Waals surface area contributed by atoms with Crippen molar-refractivity contribution in [2.75, 3.05) is 49.9 Å². The van der Waals surface area contributed by atoms with Crippen LogP contribution in [-0.4, -0.2) is 52.2 Å². The predicted octanol–water partition coefficient (Wildman–Crippen LogP) is 3.11. The molecule has 0 bridgehead atoms. The van der Waals surface area contributed by atoms with Crippen LogP contribution in [-0.2, 0) is 9.59 Å². The Morgan fingerprint density at radius 1 is 1.16 bits per heavy atom. The number of nitrogens with zero attached hydrogens (tertiary/aromatic N) is 1. The Kier molecular flexibility index (Phi) is 7.37. The maximum Gasteiger partial charge on any atom is 0.256 e. The lowest BCUT2D eigenvalue weighted by Crippen LogP contribution is -2.34. The number of likely N-dealkylation sites (N-methyl/N-ethyl adjacent to an activating group) is 1. The van der Waals surface area contributed by atoms with Gasteiger partial charge in [0.15, 0.2) is 11.5 Å². The molecule has 3 N–H and O–H groups in total. The summed E-state index contributed by atoms with van der Waals surface area (Å²) in [5, 5.41) is 9.32. The Balaban J connectivity index is 1.76. The highest BCUT2D eigenvalue weighted by atomic mass is 16.5. The normalized spacial score (nSPS) is 14.5. The van der Waals surface area contributed by atoms with Crippen molar-refractivity contribution in [2.24, 2.45) is 0 Å². The van der Waals surface area contributed by atoms with Crippen LogP contribution in [0.2, 0.25) is 0 Å². The monoisotopic (exact) mass is 438 g/mol. The molecular formula is C24H30N4O4. The summed E-state index contributed by atoms with van der Waals surface area (Å²) >= 11 is 0. The lowest BCUT2D eigenvalue weighted by Gasteiger charge is -2.21. The van der Waals surface area contributed by atoms with Crippen LogP contribution >= 0.6 is 0 Å². The van der Waals surface area contributed by atoms with Gasteiger partial charge < -0.3 is 30.3 Å². The van der Waals surface area contributed by atoms with Crippen LogP contribution < -0.4 is 30.3 Å². The zero-order valence-electron chi connectivity index (χ0n) is 19.1. The van der Waals surface area contributed by atoms with Crippen LogP contribution in [0.4, 0.5) is 17.1 Å². The summed E-state index contributed by atoms with van der Waals surface area (Å²) in [6.45, 7) is 4.85. The van der Waals surface area contributed by atoms with Gasteiger partial charge in [-0.1, -0.05) is 0 Å². The number of rotatable bonds is 9. The summed E-state index contributed by atoms with van der Waals surface area (Å²) in [5.74, 6) is 0.963. The molecule has 0 aromatic heterocycles. The van der Waals surface area contributed by atoms with Crippen LogP contribution in [0.5, 0.6) is 11.5 Å². The summed E-state index contributed by atoms with van der Waals surface area (Å²) in [6, 6.07) is 11.1. The molecule has 1 aliphatic rings. The third-order valence-corrected chi connectivity index (χ3v) is 5.26. The molecule has 0 saturated heterocycles. The van der Waals surface area contributed by atoms with Crippen molar-refractivity contribution in [1.82, 2.24) is 5.32 Å². The van der Waals surface area contributed by atoms with Crippen molar-refractivity contribution in [3.63, 3.8) is 0 Å². The molecule has 0 spiro atoms. The van der Waals surface area contributed by atoms with Gasteiger partial charge in [0, 0.05) is 54.6 Å². The smallest absolute Gasteiger partial charge is 0.256 e. The summed E-state index contributed by atoms with van der Waals surface area (Å²) < 4.78 is 10.7. The zero-order chi connectivity index (χ0) is 23.3. The first kappa shape index (κ1) is 23.1. The van der Waals surface area contributed by atoms with Gasteiger partial charge in [-0.2, -0.15) is 0 Å². The summed E-state index contributed by atoms with van der Waals surface area (Å²) in [5.41, 5.74) is 3.78. The molecule has 0 aliphatic carbocycles. The molecule has 3 rings (SSSR count). The van der Waals surface area contributed by atoms with Crippen LogP contribution in [0.3, 0.4) is 0 Å². The fourth-order valence-electron chi connectivity index (χ4n) is 3.67. The Morgan fingerprint density at radius 3 is 2.41 bits per heavy atom. The van der Waals surface area contributed by atoms with E-state index < -0.39 is 0 Å². The number of methoxy groups -OCH3 is 2. The number of nitrogens with one attached hydrogen (secondary N) is 3. The highest BCUT2D eigenvalue weighted by Gasteiger charge is 2.27. The molecule has 2 amide bonds. The second-order valence-electron chi connectivity index (χ2n) is 7.54. The van der Waals surface area contributed by atoms with Gasteiger partial charge in [-0.05, 0) is 50.4 Å². The topological polar surface area (TPSA) is 91.9 Å². The van der Waals surface area contributed by atoms with Crippen molar-refractivity contribution in [3.8, 4) is 11.5 Å². The van der Waals surface area contributed by atoms with E-state index in [1.165, 1.54) is 0 Å². The summed E-state index contributed by atoms with van der Waals surface area (Å²) in [4.78, 5) is 26.2. The van der Waals surface area contributed by atoms with E-state index in [-0.39, 0.29) is 17.9 Å². The summed E-state index contributed by atoms with van der Waals surface area (Å²) in [7, 11) is 4.99. The highest BCUT2D eigenvalue weighted by Crippen LogP contribution is 2.40. The van der Waals surface area contributed by atoms with Gasteiger partial charge in [-0.25, -0.2) is 0 Å². The maximum atomic E-state index is 12.6. The van der Waals surface area contributed by atoms with Gasteiger partial charge in [0.2, 0.25) is 5.91 Å². The quantitative estimate of drug-likeness (QED) is 0.521. The molecule has 2 aromatic rings. The molecule has 0 saturated carbocycles. The number of fused-ring (bicyclic) bond motifs is 1. The average molecular weight is 439 g/mol. The van der Waals surface area contributed by atoms with Crippen LogP contribution in [0, 0.1) is 0 Å². The predicted molar refractivity (Wildman–Crippen MR) is 128 cm³/mol. The third-order valence-electron chi connectivity index (χ3n) is 5.26. The van der Waals surface area contributed by atoms with Crippen molar-refractivity contribution in [3.05, 3.63) is 48.0 Å². The molecule has 0 fully saturated rings. The Hall–Kier alpha value is -3.52. The molecule has 8 heteroatoms. The lowest BCUT2D eigenvalue weighted by atomic mass is 10.0. The lowest BCUT2D eigenvalue weighted by molar-refractivity contribution is -0.116. The number of carbonyl (C=O) groups excluding carboxylic acids is 2. The molecule has 8 nitrogen and oxygen atoms in total. The fourth-order valence-corrected chi connectivity index (χ4v) is 3.67. The second kappa shape index (κ2) is 10.2. The van der Waals surface area contributed by atoms with Crippen LogP contribution in [0.1, 0.15) is 19.4 Å². The molecular weight excluding hydrogens is 408 g/mol. The first-order valence-electron chi connectivity index (χ1n) is 10.5. The number of amides is 2. The van der Waals surface area contributed by atoms with Crippen molar-refractivity contribution in [2.45, 2.75) is 19.9 Å². The maximum absolute atomic E-state index is 12.6. The minimum Gasteiger partial charge on any atom is -0.493 e. The molecule has 32 heavy (non-hydrogen) atoms. The van der Waals surface area contributed by atoms with E-state index in [9.17, 15) is 9.59 Å². The molecule has 0 radical (unpaired) electrons. The zero-order valence-corrected chi connectivity index (χ0v) is 19.1. The van der Waals surface area contributed by atoms with Crippen molar-refractivity contribution in [1.29, 1.82) is 0 Å². The van der Waals surface area contributed by atoms with E-state index in [0.717, 1.165) is 16.9 Å². The minimum absolute atomic E-state index is 0.00275. The van der Waals surface area contributed by atoms with Gasteiger partial charge >= 0.3 is 0 Å². The van der Waals surface area contributed by atoms with Crippen LogP contribution in [0.15, 0.2) is 42.5 Å². The van der Waals surface area contributed by atoms with E-state index >= 15 is 0 Å². The molecule has 1 atom stereocenters. The first-order chi connectivity index (χ1) is 15.4. The van der Waals surface area contributed by atoms with E-state index in [1.54, 1.807) is 38.2 Å². The SMILES string of the molecule is CNCCN(C(C)=O)c1ccc(NC(C)C=C2C(=O)Nc3cc(OC)c(OC)cc32)cc1. The highest BCUT2D eigenvalue weighted by molar-refractivity contribution is 6.31. The van der Waals surface area contributed by atoms with Crippen molar-refractivity contribution >= 4 is 34.4 Å².